The van der Waals surface area contributed by atoms with Crippen LogP contribution >= 0.6 is 0 Å². The molecule has 0 bridgehead atoms. The Kier molecular flexibility index (Phi) is 7.49. The van der Waals surface area contributed by atoms with E-state index in [0.717, 1.165) is 11.3 Å². The van der Waals surface area contributed by atoms with Crippen molar-refractivity contribution in [1.29, 1.82) is 0 Å². The Labute approximate surface area is 158 Å². The van der Waals surface area contributed by atoms with Crippen molar-refractivity contribution in [3.63, 3.8) is 0 Å². The van der Waals surface area contributed by atoms with E-state index in [1.165, 1.54) is 6.08 Å². The Morgan fingerprint density at radius 1 is 1.07 bits per heavy atom. The lowest BCUT2D eigenvalue weighted by Crippen LogP contribution is -2.19. The van der Waals surface area contributed by atoms with Gasteiger partial charge >= 0.3 is 11.9 Å². The Morgan fingerprint density at radius 2 is 1.78 bits per heavy atom. The van der Waals surface area contributed by atoms with Gasteiger partial charge in [0, 0.05) is 23.9 Å². The molecule has 0 aliphatic heterocycles. The van der Waals surface area contributed by atoms with Crippen LogP contribution in [-0.4, -0.2) is 32.3 Å². The second-order valence-corrected chi connectivity index (χ2v) is 5.92. The van der Waals surface area contributed by atoms with Crippen LogP contribution in [0.2, 0.25) is 0 Å². The summed E-state index contributed by atoms with van der Waals surface area (Å²) in [4.78, 5) is 23.6. The lowest BCUT2D eigenvalue weighted by atomic mass is 10.0. The molecular formula is C20H24N2O5. The van der Waals surface area contributed by atoms with Crippen LogP contribution in [0.5, 0.6) is 5.75 Å². The molecule has 1 aromatic carbocycles. The van der Waals surface area contributed by atoms with Crippen LogP contribution in [0.15, 0.2) is 53.4 Å². The molecule has 0 fully saturated rings. The average Bonchev–Trinajstić information content (AvgIpc) is 2.66. The summed E-state index contributed by atoms with van der Waals surface area (Å²) in [6, 6.07) is 7.27. The highest BCUT2D eigenvalue weighted by atomic mass is 16.5. The average molecular weight is 372 g/mol. The van der Waals surface area contributed by atoms with Crippen molar-refractivity contribution in [1.82, 2.24) is 0 Å². The molecular weight excluding hydrogens is 348 g/mol. The number of carbonyl (C=O) groups is 2. The van der Waals surface area contributed by atoms with Gasteiger partial charge in [-0.25, -0.2) is 9.59 Å². The molecule has 0 radical (unpaired) electrons. The van der Waals surface area contributed by atoms with Crippen molar-refractivity contribution in [2.45, 2.75) is 19.3 Å². The van der Waals surface area contributed by atoms with E-state index in [1.807, 2.05) is 12.1 Å². The SMILES string of the molecule is COc1ccc(/C=C/C(=O)OCCCOC(=O)C2=C(N)C=C(N)CC2)cc1. The summed E-state index contributed by atoms with van der Waals surface area (Å²) in [5.74, 6) is -0.173. The lowest BCUT2D eigenvalue weighted by Gasteiger charge is -2.14. The van der Waals surface area contributed by atoms with Crippen molar-refractivity contribution in [3.05, 3.63) is 58.9 Å². The molecule has 1 aromatic rings. The number of hydrogen-bond donors (Lipinski definition) is 2. The zero-order valence-electron chi connectivity index (χ0n) is 15.3. The van der Waals surface area contributed by atoms with E-state index in [0.29, 0.717) is 36.2 Å². The number of esters is 2. The number of methoxy groups -OCH3 is 1. The van der Waals surface area contributed by atoms with E-state index < -0.39 is 11.9 Å². The maximum Gasteiger partial charge on any atom is 0.336 e. The molecule has 1 aliphatic carbocycles. The lowest BCUT2D eigenvalue weighted by molar-refractivity contribution is -0.141. The van der Waals surface area contributed by atoms with Gasteiger partial charge in [-0.1, -0.05) is 12.1 Å². The van der Waals surface area contributed by atoms with Gasteiger partial charge in [0.2, 0.25) is 0 Å². The quantitative estimate of drug-likeness (QED) is 0.408. The van der Waals surface area contributed by atoms with Crippen LogP contribution in [0.1, 0.15) is 24.8 Å². The summed E-state index contributed by atoms with van der Waals surface area (Å²) < 4.78 is 15.3. The molecule has 0 spiro atoms. The van der Waals surface area contributed by atoms with Gasteiger partial charge in [0.25, 0.3) is 0 Å². The van der Waals surface area contributed by atoms with Crippen LogP contribution in [0.25, 0.3) is 6.08 Å². The molecule has 2 rings (SSSR count). The van der Waals surface area contributed by atoms with Crippen LogP contribution in [0.3, 0.4) is 0 Å². The van der Waals surface area contributed by atoms with Crippen LogP contribution < -0.4 is 16.2 Å². The number of ether oxygens (including phenoxy) is 3. The molecule has 0 amide bonds. The third-order valence-electron chi connectivity index (χ3n) is 3.89. The molecule has 0 unspecified atom stereocenters. The van der Waals surface area contributed by atoms with Gasteiger partial charge in [-0.05, 0) is 42.7 Å². The first-order chi connectivity index (χ1) is 13.0. The fourth-order valence-electron chi connectivity index (χ4n) is 2.40. The van der Waals surface area contributed by atoms with E-state index in [2.05, 4.69) is 0 Å². The number of benzene rings is 1. The maximum absolute atomic E-state index is 12.0. The first-order valence-corrected chi connectivity index (χ1v) is 8.60. The van der Waals surface area contributed by atoms with Crippen molar-refractivity contribution in [2.24, 2.45) is 11.5 Å². The van der Waals surface area contributed by atoms with Gasteiger partial charge in [0.1, 0.15) is 5.75 Å². The monoisotopic (exact) mass is 372 g/mol. The zero-order chi connectivity index (χ0) is 19.6. The van der Waals surface area contributed by atoms with Gasteiger partial charge in [-0.2, -0.15) is 0 Å². The summed E-state index contributed by atoms with van der Waals surface area (Å²) in [6.07, 6.45) is 6.04. The fourth-order valence-corrected chi connectivity index (χ4v) is 2.40. The Bertz CT molecular complexity index is 763. The highest BCUT2D eigenvalue weighted by Crippen LogP contribution is 2.19. The topological polar surface area (TPSA) is 114 Å². The van der Waals surface area contributed by atoms with Gasteiger partial charge in [-0.15, -0.1) is 0 Å². The third kappa shape index (κ3) is 6.54. The normalized spacial score (nSPS) is 14.0. The molecule has 0 saturated carbocycles. The van der Waals surface area contributed by atoms with Gasteiger partial charge < -0.3 is 25.7 Å². The second kappa shape index (κ2) is 10.1. The molecule has 27 heavy (non-hydrogen) atoms. The molecule has 0 saturated heterocycles. The molecule has 0 atom stereocenters. The van der Waals surface area contributed by atoms with E-state index in [9.17, 15) is 9.59 Å². The minimum Gasteiger partial charge on any atom is -0.497 e. The van der Waals surface area contributed by atoms with Gasteiger partial charge in [-0.3, -0.25) is 0 Å². The number of carbonyl (C=O) groups excluding carboxylic acids is 2. The van der Waals surface area contributed by atoms with E-state index in [-0.39, 0.29) is 13.2 Å². The van der Waals surface area contributed by atoms with E-state index in [4.69, 9.17) is 25.7 Å². The van der Waals surface area contributed by atoms with Gasteiger partial charge in [0.05, 0.1) is 25.9 Å². The van der Waals surface area contributed by atoms with Crippen molar-refractivity contribution in [3.8, 4) is 5.75 Å². The number of nitrogens with two attached hydrogens (primary N) is 2. The Hall–Kier alpha value is -3.22. The first-order valence-electron chi connectivity index (χ1n) is 8.60. The molecule has 144 valence electrons. The van der Waals surface area contributed by atoms with E-state index in [1.54, 1.807) is 31.4 Å². The predicted molar refractivity (Wildman–Crippen MR) is 101 cm³/mol. The number of rotatable bonds is 8. The Balaban J connectivity index is 1.66. The molecule has 4 N–H and O–H groups in total. The highest BCUT2D eigenvalue weighted by Gasteiger charge is 2.18. The maximum atomic E-state index is 12.0. The van der Waals surface area contributed by atoms with Crippen LogP contribution in [-0.2, 0) is 19.1 Å². The zero-order valence-corrected chi connectivity index (χ0v) is 15.3. The third-order valence-corrected chi connectivity index (χ3v) is 3.89. The Morgan fingerprint density at radius 3 is 2.44 bits per heavy atom. The summed E-state index contributed by atoms with van der Waals surface area (Å²) in [5, 5.41) is 0. The fraction of sp³-hybridized carbons (Fsp3) is 0.300. The molecule has 0 heterocycles. The summed E-state index contributed by atoms with van der Waals surface area (Å²) >= 11 is 0. The van der Waals surface area contributed by atoms with Crippen LogP contribution in [0.4, 0.5) is 0 Å². The number of hydrogen-bond acceptors (Lipinski definition) is 7. The molecule has 7 nitrogen and oxygen atoms in total. The smallest absolute Gasteiger partial charge is 0.336 e. The summed E-state index contributed by atoms with van der Waals surface area (Å²) in [5.41, 5.74) is 13.7. The largest absolute Gasteiger partial charge is 0.497 e. The van der Waals surface area contributed by atoms with Gasteiger partial charge in [0.15, 0.2) is 0 Å². The minimum atomic E-state index is -0.461. The minimum absolute atomic E-state index is 0.143. The standard InChI is InChI=1S/C20H24N2O5/c1-25-16-7-3-14(4-8-16)5-10-19(23)26-11-2-12-27-20(24)17-9-6-15(21)13-18(17)22/h3-5,7-8,10,13H,2,6,9,11-12,21-22H2,1H3/b10-5+. The highest BCUT2D eigenvalue weighted by molar-refractivity contribution is 5.90. The van der Waals surface area contributed by atoms with Crippen molar-refractivity contribution in [2.75, 3.05) is 20.3 Å². The summed E-state index contributed by atoms with van der Waals surface area (Å²) in [7, 11) is 1.59. The van der Waals surface area contributed by atoms with Crippen molar-refractivity contribution >= 4 is 18.0 Å². The summed E-state index contributed by atoms with van der Waals surface area (Å²) in [6.45, 7) is 0.296. The van der Waals surface area contributed by atoms with Crippen molar-refractivity contribution < 1.29 is 23.8 Å². The van der Waals surface area contributed by atoms with E-state index >= 15 is 0 Å². The second-order valence-electron chi connectivity index (χ2n) is 5.92. The molecule has 7 heteroatoms. The molecule has 1 aliphatic rings. The van der Waals surface area contributed by atoms with Crippen LogP contribution in [0, 0.1) is 0 Å². The predicted octanol–water partition coefficient (Wildman–Crippen LogP) is 2.03. The molecule has 0 aromatic heterocycles. The number of allylic oxidation sites excluding steroid dienone is 2. The first kappa shape index (κ1) is 20.1.